The minimum absolute atomic E-state index is 0.0937. The van der Waals surface area contributed by atoms with Crippen LogP contribution in [0, 0.1) is 11.3 Å². The van der Waals surface area contributed by atoms with Gasteiger partial charge in [-0.25, -0.2) is 0 Å². The zero-order valence-electron chi connectivity index (χ0n) is 10.8. The average Bonchev–Trinajstić information content (AvgIpc) is 2.36. The Labute approximate surface area is 98.5 Å². The van der Waals surface area contributed by atoms with Crippen LogP contribution in [0.2, 0.25) is 0 Å². The van der Waals surface area contributed by atoms with Gasteiger partial charge in [-0.2, -0.15) is 0 Å². The van der Waals surface area contributed by atoms with Gasteiger partial charge in [-0.3, -0.25) is 4.79 Å². The molecular weight excluding hydrogens is 204 g/mol. The van der Waals surface area contributed by atoms with Crippen molar-refractivity contribution in [2.24, 2.45) is 11.3 Å². The molecule has 1 saturated carbocycles. The monoisotopic (exact) mass is 228 g/mol. The number of ether oxygens (including phenoxy) is 2. The van der Waals surface area contributed by atoms with Crippen molar-refractivity contribution in [3.05, 3.63) is 0 Å². The molecule has 94 valence electrons. The minimum Gasteiger partial charge on any atom is -0.469 e. The molecule has 0 aromatic heterocycles. The molecule has 1 unspecified atom stereocenters. The molecule has 3 heteroatoms. The lowest BCUT2D eigenvalue weighted by Gasteiger charge is -2.39. The van der Waals surface area contributed by atoms with Crippen molar-refractivity contribution < 1.29 is 14.3 Å². The first-order chi connectivity index (χ1) is 7.71. The first-order valence-electron chi connectivity index (χ1n) is 6.28. The Morgan fingerprint density at radius 1 is 1.25 bits per heavy atom. The Hall–Kier alpha value is -0.570. The van der Waals surface area contributed by atoms with Gasteiger partial charge < -0.3 is 9.47 Å². The van der Waals surface area contributed by atoms with Gasteiger partial charge in [-0.1, -0.05) is 26.2 Å². The maximum Gasteiger partial charge on any atom is 0.314 e. The largest absolute Gasteiger partial charge is 0.469 e. The molecule has 0 aliphatic heterocycles. The van der Waals surface area contributed by atoms with Gasteiger partial charge in [-0.15, -0.1) is 0 Å². The second kappa shape index (κ2) is 6.24. The highest BCUT2D eigenvalue weighted by Crippen LogP contribution is 2.42. The highest BCUT2D eigenvalue weighted by Gasteiger charge is 2.45. The molecule has 0 bridgehead atoms. The van der Waals surface area contributed by atoms with E-state index in [0.29, 0.717) is 12.5 Å². The number of rotatable bonds is 5. The Balaban J connectivity index is 2.85. The number of hydrogen-bond donors (Lipinski definition) is 0. The van der Waals surface area contributed by atoms with Crippen LogP contribution in [0.3, 0.4) is 0 Å². The number of esters is 1. The Morgan fingerprint density at radius 3 is 2.31 bits per heavy atom. The van der Waals surface area contributed by atoms with E-state index in [1.54, 1.807) is 7.11 Å². The van der Waals surface area contributed by atoms with Crippen molar-refractivity contribution in [3.63, 3.8) is 0 Å². The fraction of sp³-hybridized carbons (Fsp3) is 0.923. The minimum atomic E-state index is -0.413. The Morgan fingerprint density at radius 2 is 1.88 bits per heavy atom. The summed E-state index contributed by atoms with van der Waals surface area (Å²) in [6, 6.07) is 0. The molecule has 0 N–H and O–H groups in total. The van der Waals surface area contributed by atoms with Gasteiger partial charge in [0.15, 0.2) is 0 Å². The van der Waals surface area contributed by atoms with Crippen molar-refractivity contribution in [1.29, 1.82) is 0 Å². The third-order valence-corrected chi connectivity index (χ3v) is 4.01. The normalized spacial score (nSPS) is 21.4. The Kier molecular flexibility index (Phi) is 5.26. The summed E-state index contributed by atoms with van der Waals surface area (Å²) < 4.78 is 10.3. The lowest BCUT2D eigenvalue weighted by atomic mass is 9.67. The molecule has 1 atom stereocenters. The average molecular weight is 228 g/mol. The zero-order valence-corrected chi connectivity index (χ0v) is 10.8. The highest BCUT2D eigenvalue weighted by atomic mass is 16.5. The van der Waals surface area contributed by atoms with Gasteiger partial charge in [0.1, 0.15) is 0 Å². The second-order valence-electron chi connectivity index (χ2n) is 4.77. The SMILES string of the molecule is CCC(COC)(C(=O)OC)C1CCCCC1. The summed E-state index contributed by atoms with van der Waals surface area (Å²) in [6.07, 6.45) is 6.82. The van der Waals surface area contributed by atoms with Crippen LogP contribution in [0.1, 0.15) is 45.4 Å². The molecule has 0 heterocycles. The van der Waals surface area contributed by atoms with E-state index in [1.807, 2.05) is 0 Å². The molecule has 16 heavy (non-hydrogen) atoms. The molecule has 0 aromatic rings. The molecule has 0 radical (unpaired) electrons. The predicted molar refractivity (Wildman–Crippen MR) is 63.2 cm³/mol. The molecule has 1 aliphatic carbocycles. The van der Waals surface area contributed by atoms with E-state index >= 15 is 0 Å². The first-order valence-corrected chi connectivity index (χ1v) is 6.28. The lowest BCUT2D eigenvalue weighted by Crippen LogP contribution is -2.43. The maximum absolute atomic E-state index is 12.1. The molecule has 1 aliphatic rings. The van der Waals surface area contributed by atoms with E-state index in [0.717, 1.165) is 19.3 Å². The van der Waals surface area contributed by atoms with Gasteiger partial charge >= 0.3 is 5.97 Å². The molecule has 1 fully saturated rings. The van der Waals surface area contributed by atoms with E-state index in [2.05, 4.69) is 6.92 Å². The van der Waals surface area contributed by atoms with Crippen LogP contribution in [-0.2, 0) is 14.3 Å². The van der Waals surface area contributed by atoms with Crippen LogP contribution in [0.15, 0.2) is 0 Å². The third kappa shape index (κ3) is 2.57. The van der Waals surface area contributed by atoms with Crippen LogP contribution in [0.25, 0.3) is 0 Å². The summed E-state index contributed by atoms with van der Waals surface area (Å²) in [5.74, 6) is 0.336. The first kappa shape index (κ1) is 13.5. The summed E-state index contributed by atoms with van der Waals surface area (Å²) in [7, 11) is 3.14. The van der Waals surface area contributed by atoms with Crippen molar-refractivity contribution in [2.45, 2.75) is 45.4 Å². The molecule has 3 nitrogen and oxygen atoms in total. The summed E-state index contributed by atoms with van der Waals surface area (Å²) in [5.41, 5.74) is -0.413. The Bertz CT molecular complexity index is 221. The maximum atomic E-state index is 12.1. The van der Waals surface area contributed by atoms with Gasteiger partial charge in [-0.05, 0) is 25.2 Å². The number of carbonyl (C=O) groups is 1. The second-order valence-corrected chi connectivity index (χ2v) is 4.77. The number of hydrogen-bond acceptors (Lipinski definition) is 3. The quantitative estimate of drug-likeness (QED) is 0.679. The van der Waals surface area contributed by atoms with Crippen molar-refractivity contribution in [2.75, 3.05) is 20.8 Å². The topological polar surface area (TPSA) is 35.5 Å². The highest BCUT2D eigenvalue weighted by molar-refractivity contribution is 5.77. The van der Waals surface area contributed by atoms with E-state index in [4.69, 9.17) is 9.47 Å². The van der Waals surface area contributed by atoms with Gasteiger partial charge in [0, 0.05) is 7.11 Å². The third-order valence-electron chi connectivity index (χ3n) is 4.01. The van der Waals surface area contributed by atoms with E-state index in [-0.39, 0.29) is 5.97 Å². The molecular formula is C13H24O3. The van der Waals surface area contributed by atoms with Gasteiger partial charge in [0.25, 0.3) is 0 Å². The summed E-state index contributed by atoms with van der Waals surface area (Å²) in [5, 5.41) is 0. The van der Waals surface area contributed by atoms with E-state index < -0.39 is 5.41 Å². The standard InChI is InChI=1S/C13H24O3/c1-4-13(10-15-2,12(14)16-3)11-8-6-5-7-9-11/h11H,4-10H2,1-3H3. The fourth-order valence-corrected chi connectivity index (χ4v) is 2.99. The molecule has 0 saturated heterocycles. The van der Waals surface area contributed by atoms with Gasteiger partial charge in [0.2, 0.25) is 0 Å². The number of carbonyl (C=O) groups excluding carboxylic acids is 1. The van der Waals surface area contributed by atoms with E-state index in [9.17, 15) is 4.79 Å². The van der Waals surface area contributed by atoms with Crippen LogP contribution in [0.5, 0.6) is 0 Å². The van der Waals surface area contributed by atoms with E-state index in [1.165, 1.54) is 26.4 Å². The zero-order chi connectivity index (χ0) is 12.0. The van der Waals surface area contributed by atoms with Crippen LogP contribution in [0.4, 0.5) is 0 Å². The molecule has 0 spiro atoms. The smallest absolute Gasteiger partial charge is 0.314 e. The number of methoxy groups -OCH3 is 2. The summed E-state index contributed by atoms with van der Waals surface area (Å²) in [6.45, 7) is 2.55. The van der Waals surface area contributed by atoms with Crippen LogP contribution in [-0.4, -0.2) is 26.8 Å². The van der Waals surface area contributed by atoms with Crippen LogP contribution >= 0.6 is 0 Å². The van der Waals surface area contributed by atoms with Crippen molar-refractivity contribution in [1.82, 2.24) is 0 Å². The summed E-state index contributed by atoms with van der Waals surface area (Å²) >= 11 is 0. The molecule has 1 rings (SSSR count). The lowest BCUT2D eigenvalue weighted by molar-refractivity contribution is -0.162. The van der Waals surface area contributed by atoms with Crippen molar-refractivity contribution in [3.8, 4) is 0 Å². The summed E-state index contributed by atoms with van der Waals surface area (Å²) in [4.78, 5) is 12.1. The molecule has 0 aromatic carbocycles. The van der Waals surface area contributed by atoms with Crippen molar-refractivity contribution >= 4 is 5.97 Å². The van der Waals surface area contributed by atoms with Crippen LogP contribution < -0.4 is 0 Å². The molecule has 0 amide bonds. The fourth-order valence-electron chi connectivity index (χ4n) is 2.99. The van der Waals surface area contributed by atoms with Gasteiger partial charge in [0.05, 0.1) is 19.1 Å². The predicted octanol–water partition coefficient (Wildman–Crippen LogP) is 2.78.